The van der Waals surface area contributed by atoms with Crippen LogP contribution in [-0.2, 0) is 14.4 Å². The first-order valence-corrected chi connectivity index (χ1v) is 8.76. The highest BCUT2D eigenvalue weighted by Crippen LogP contribution is 2.23. The molecule has 2 heterocycles. The minimum atomic E-state index is -0.336. The van der Waals surface area contributed by atoms with Gasteiger partial charge in [-0.15, -0.1) is 0 Å². The molecule has 0 aliphatic carbocycles. The summed E-state index contributed by atoms with van der Waals surface area (Å²) in [6, 6.07) is 7.52. The summed E-state index contributed by atoms with van der Waals surface area (Å²) >= 11 is 0. The predicted molar refractivity (Wildman–Crippen MR) is 95.0 cm³/mol. The van der Waals surface area contributed by atoms with E-state index in [1.807, 2.05) is 24.3 Å². The van der Waals surface area contributed by atoms with Gasteiger partial charge in [-0.25, -0.2) is 0 Å². The van der Waals surface area contributed by atoms with Gasteiger partial charge in [-0.05, 0) is 43.5 Å². The molecule has 3 N–H and O–H groups in total. The zero-order valence-corrected chi connectivity index (χ0v) is 14.2. The number of hydrogen-bond donors (Lipinski definition) is 2. The lowest BCUT2D eigenvalue weighted by molar-refractivity contribution is -0.133. The van der Waals surface area contributed by atoms with Crippen molar-refractivity contribution in [2.75, 3.05) is 36.4 Å². The van der Waals surface area contributed by atoms with Crippen LogP contribution >= 0.6 is 0 Å². The number of nitrogens with zero attached hydrogens (tertiary/aromatic N) is 2. The topological polar surface area (TPSA) is 95.7 Å². The van der Waals surface area contributed by atoms with Crippen LogP contribution in [0.15, 0.2) is 24.3 Å². The summed E-state index contributed by atoms with van der Waals surface area (Å²) in [5.74, 6) is -0.456. The van der Waals surface area contributed by atoms with Crippen molar-refractivity contribution in [3.8, 4) is 0 Å². The lowest BCUT2D eigenvalue weighted by Crippen LogP contribution is -2.45. The molecule has 0 bridgehead atoms. The van der Waals surface area contributed by atoms with Gasteiger partial charge in [0.2, 0.25) is 17.7 Å². The smallest absolute Gasteiger partial charge is 0.241 e. The Morgan fingerprint density at radius 2 is 1.92 bits per heavy atom. The second-order valence-corrected chi connectivity index (χ2v) is 6.63. The van der Waals surface area contributed by atoms with E-state index in [1.165, 1.54) is 0 Å². The molecule has 3 rings (SSSR count). The summed E-state index contributed by atoms with van der Waals surface area (Å²) < 4.78 is 0. The molecule has 1 unspecified atom stereocenters. The van der Waals surface area contributed by atoms with E-state index in [1.54, 1.807) is 9.80 Å². The zero-order valence-electron chi connectivity index (χ0n) is 14.2. The van der Waals surface area contributed by atoms with Crippen LogP contribution in [0.25, 0.3) is 0 Å². The average molecular weight is 344 g/mol. The van der Waals surface area contributed by atoms with Crippen LogP contribution in [0.2, 0.25) is 0 Å². The number of anilines is 2. The van der Waals surface area contributed by atoms with Crippen LogP contribution < -0.4 is 16.0 Å². The second-order valence-electron chi connectivity index (χ2n) is 6.63. The van der Waals surface area contributed by atoms with Gasteiger partial charge in [-0.2, -0.15) is 0 Å². The van der Waals surface area contributed by atoms with E-state index in [4.69, 9.17) is 5.73 Å². The Bertz CT molecular complexity index is 659. The lowest BCUT2D eigenvalue weighted by Gasteiger charge is -2.31. The molecule has 1 atom stereocenters. The molecule has 1 aromatic rings. The van der Waals surface area contributed by atoms with Crippen molar-refractivity contribution in [2.45, 2.75) is 25.7 Å². The van der Waals surface area contributed by atoms with Crippen LogP contribution in [0.3, 0.4) is 0 Å². The van der Waals surface area contributed by atoms with Crippen LogP contribution in [0, 0.1) is 5.92 Å². The van der Waals surface area contributed by atoms with Gasteiger partial charge in [0.1, 0.15) is 0 Å². The standard InChI is InChI=1S/C18H24N4O3/c19-18(25)13-3-1-9-21(12-13)17(24)11-20-14-5-7-15(8-6-14)22-10-2-4-16(22)23/h5-8,13,20H,1-4,9-12H2,(H2,19,25). The van der Waals surface area contributed by atoms with Gasteiger partial charge in [0.05, 0.1) is 12.5 Å². The summed E-state index contributed by atoms with van der Waals surface area (Å²) in [7, 11) is 0. The highest BCUT2D eigenvalue weighted by atomic mass is 16.2. The molecule has 2 aliphatic rings. The van der Waals surface area contributed by atoms with E-state index in [0.29, 0.717) is 19.5 Å². The summed E-state index contributed by atoms with van der Waals surface area (Å²) in [4.78, 5) is 38.9. The predicted octanol–water partition coefficient (Wildman–Crippen LogP) is 0.949. The number of rotatable bonds is 5. The van der Waals surface area contributed by atoms with E-state index in [0.717, 1.165) is 37.2 Å². The quantitative estimate of drug-likeness (QED) is 0.831. The fraction of sp³-hybridized carbons (Fsp3) is 0.500. The summed E-state index contributed by atoms with van der Waals surface area (Å²) in [6.07, 6.45) is 3.06. The normalized spacial score (nSPS) is 20.6. The largest absolute Gasteiger partial charge is 0.376 e. The minimum absolute atomic E-state index is 0.0373. The average Bonchev–Trinajstić information content (AvgIpc) is 3.06. The summed E-state index contributed by atoms with van der Waals surface area (Å²) in [5, 5.41) is 3.10. The number of piperidine rings is 1. The van der Waals surface area contributed by atoms with Crippen molar-refractivity contribution < 1.29 is 14.4 Å². The lowest BCUT2D eigenvalue weighted by atomic mass is 9.97. The van der Waals surface area contributed by atoms with Gasteiger partial charge >= 0.3 is 0 Å². The van der Waals surface area contributed by atoms with Crippen molar-refractivity contribution in [3.05, 3.63) is 24.3 Å². The number of carbonyl (C=O) groups is 3. The third kappa shape index (κ3) is 4.10. The molecule has 2 aliphatic heterocycles. The van der Waals surface area contributed by atoms with Crippen LogP contribution in [0.5, 0.6) is 0 Å². The highest BCUT2D eigenvalue weighted by Gasteiger charge is 2.26. The molecule has 0 saturated carbocycles. The number of carbonyl (C=O) groups excluding carboxylic acids is 3. The third-order valence-electron chi connectivity index (χ3n) is 4.87. The van der Waals surface area contributed by atoms with E-state index in [9.17, 15) is 14.4 Å². The molecule has 2 saturated heterocycles. The number of benzene rings is 1. The monoisotopic (exact) mass is 344 g/mol. The molecular weight excluding hydrogens is 320 g/mol. The van der Waals surface area contributed by atoms with E-state index < -0.39 is 0 Å². The number of likely N-dealkylation sites (tertiary alicyclic amines) is 1. The zero-order chi connectivity index (χ0) is 17.8. The Morgan fingerprint density at radius 1 is 1.16 bits per heavy atom. The molecule has 7 heteroatoms. The molecule has 25 heavy (non-hydrogen) atoms. The van der Waals surface area contributed by atoms with Crippen molar-refractivity contribution in [1.82, 2.24) is 4.90 Å². The van der Waals surface area contributed by atoms with Gasteiger partial charge < -0.3 is 20.9 Å². The van der Waals surface area contributed by atoms with Crippen molar-refractivity contribution in [1.29, 1.82) is 0 Å². The Labute approximate surface area is 147 Å². The number of nitrogens with two attached hydrogens (primary N) is 1. The molecule has 0 aromatic heterocycles. The third-order valence-corrected chi connectivity index (χ3v) is 4.87. The van der Waals surface area contributed by atoms with Gasteiger partial charge in [0, 0.05) is 37.4 Å². The maximum Gasteiger partial charge on any atom is 0.241 e. The molecule has 2 fully saturated rings. The number of hydrogen-bond acceptors (Lipinski definition) is 4. The van der Waals surface area contributed by atoms with Crippen LogP contribution in [0.4, 0.5) is 11.4 Å². The van der Waals surface area contributed by atoms with Gasteiger partial charge in [0.15, 0.2) is 0 Å². The maximum absolute atomic E-state index is 12.3. The summed E-state index contributed by atoms with van der Waals surface area (Å²) in [5.41, 5.74) is 7.06. The Morgan fingerprint density at radius 3 is 2.56 bits per heavy atom. The number of nitrogens with one attached hydrogen (secondary N) is 1. The molecule has 0 spiro atoms. The van der Waals surface area contributed by atoms with Crippen LogP contribution in [-0.4, -0.2) is 48.8 Å². The molecule has 1 aromatic carbocycles. The van der Waals surface area contributed by atoms with Gasteiger partial charge in [-0.1, -0.05) is 0 Å². The van der Waals surface area contributed by atoms with Crippen molar-refractivity contribution in [3.63, 3.8) is 0 Å². The highest BCUT2D eigenvalue weighted by molar-refractivity contribution is 5.95. The SMILES string of the molecule is NC(=O)C1CCCN(C(=O)CNc2ccc(N3CCCC3=O)cc2)C1. The molecule has 0 radical (unpaired) electrons. The number of amides is 3. The first-order chi connectivity index (χ1) is 12.0. The fourth-order valence-electron chi connectivity index (χ4n) is 3.41. The first kappa shape index (κ1) is 17.3. The molecule has 3 amide bonds. The van der Waals surface area contributed by atoms with E-state index >= 15 is 0 Å². The molecular formula is C18H24N4O3. The Kier molecular flexibility index (Phi) is 5.21. The van der Waals surface area contributed by atoms with E-state index in [-0.39, 0.29) is 30.2 Å². The van der Waals surface area contributed by atoms with E-state index in [2.05, 4.69) is 5.32 Å². The second kappa shape index (κ2) is 7.55. The first-order valence-electron chi connectivity index (χ1n) is 8.76. The maximum atomic E-state index is 12.3. The van der Waals surface area contributed by atoms with Gasteiger partial charge in [0.25, 0.3) is 0 Å². The number of primary amides is 1. The van der Waals surface area contributed by atoms with Crippen LogP contribution in [0.1, 0.15) is 25.7 Å². The Hall–Kier alpha value is -2.57. The molecule has 134 valence electrons. The van der Waals surface area contributed by atoms with Gasteiger partial charge in [-0.3, -0.25) is 14.4 Å². The minimum Gasteiger partial charge on any atom is -0.376 e. The van der Waals surface area contributed by atoms with Crippen molar-refractivity contribution in [2.24, 2.45) is 11.7 Å². The fourth-order valence-corrected chi connectivity index (χ4v) is 3.41. The molecule has 7 nitrogen and oxygen atoms in total. The van der Waals surface area contributed by atoms with Crippen molar-refractivity contribution >= 4 is 29.1 Å². The Balaban J connectivity index is 1.52. The summed E-state index contributed by atoms with van der Waals surface area (Å²) in [6.45, 7) is 2.01.